The molecule has 0 fully saturated rings. The monoisotopic (exact) mass is 289 g/mol. The fourth-order valence-electron chi connectivity index (χ4n) is 1.95. The van der Waals surface area contributed by atoms with Gasteiger partial charge in [0, 0.05) is 17.8 Å². The molecule has 0 saturated heterocycles. The van der Waals surface area contributed by atoms with E-state index in [0.29, 0.717) is 11.6 Å². The average Bonchev–Trinajstić information content (AvgIpc) is 2.46. The molecule has 0 heterocycles. The number of amides is 1. The van der Waals surface area contributed by atoms with Gasteiger partial charge in [-0.1, -0.05) is 41.9 Å². The van der Waals surface area contributed by atoms with Gasteiger partial charge in [0.25, 0.3) is 5.91 Å². The van der Waals surface area contributed by atoms with E-state index in [9.17, 15) is 4.79 Å². The molecule has 2 aromatic rings. The molecule has 1 amide bonds. The van der Waals surface area contributed by atoms with Crippen LogP contribution in [0.4, 0.5) is 5.69 Å². The van der Waals surface area contributed by atoms with Crippen molar-refractivity contribution in [2.75, 3.05) is 18.6 Å². The van der Waals surface area contributed by atoms with Gasteiger partial charge in [-0.2, -0.15) is 0 Å². The molecule has 0 aliphatic carbocycles. The molecule has 3 nitrogen and oxygen atoms in total. The van der Waals surface area contributed by atoms with Gasteiger partial charge in [0.15, 0.2) is 0 Å². The maximum atomic E-state index is 12.2. The molecular weight excluding hydrogens is 274 g/mol. The molecule has 0 unspecified atom stereocenters. The van der Waals surface area contributed by atoms with Gasteiger partial charge >= 0.3 is 0 Å². The average molecular weight is 290 g/mol. The van der Waals surface area contributed by atoms with Gasteiger partial charge in [-0.3, -0.25) is 4.79 Å². The summed E-state index contributed by atoms with van der Waals surface area (Å²) < 4.78 is 4.95. The van der Waals surface area contributed by atoms with E-state index in [0.717, 1.165) is 11.3 Å². The number of hydrogen-bond acceptors (Lipinski definition) is 2. The number of halogens is 1. The zero-order valence-corrected chi connectivity index (χ0v) is 12.0. The number of benzene rings is 2. The maximum absolute atomic E-state index is 12.2. The Labute approximate surface area is 123 Å². The van der Waals surface area contributed by atoms with Crippen molar-refractivity contribution in [3.05, 3.63) is 65.2 Å². The van der Waals surface area contributed by atoms with Crippen molar-refractivity contribution in [1.82, 2.24) is 0 Å². The summed E-state index contributed by atoms with van der Waals surface area (Å²) in [5, 5.41) is 0.662. The SMILES string of the molecule is COCC(=O)N(Cc1cccc(Cl)c1)c1ccccc1. The smallest absolute Gasteiger partial charge is 0.253 e. The third-order valence-corrected chi connectivity index (χ3v) is 3.10. The number of para-hydroxylation sites is 1. The number of carbonyl (C=O) groups excluding carboxylic acids is 1. The van der Waals surface area contributed by atoms with Gasteiger partial charge in [0.2, 0.25) is 0 Å². The second kappa shape index (κ2) is 7.08. The minimum atomic E-state index is -0.0846. The second-order valence-corrected chi connectivity index (χ2v) is 4.81. The largest absolute Gasteiger partial charge is 0.375 e. The molecule has 20 heavy (non-hydrogen) atoms. The molecule has 0 saturated carbocycles. The summed E-state index contributed by atoms with van der Waals surface area (Å²) in [6.45, 7) is 0.516. The summed E-state index contributed by atoms with van der Waals surface area (Å²) in [6, 6.07) is 17.0. The van der Waals surface area contributed by atoms with Crippen LogP contribution in [0.5, 0.6) is 0 Å². The second-order valence-electron chi connectivity index (χ2n) is 4.38. The van der Waals surface area contributed by atoms with E-state index in [1.807, 2.05) is 54.6 Å². The molecule has 4 heteroatoms. The molecule has 0 atom stereocenters. The van der Waals surface area contributed by atoms with Crippen molar-refractivity contribution < 1.29 is 9.53 Å². The summed E-state index contributed by atoms with van der Waals surface area (Å²) in [5.41, 5.74) is 1.82. The predicted molar refractivity (Wildman–Crippen MR) is 81.0 cm³/mol. The van der Waals surface area contributed by atoms with E-state index in [4.69, 9.17) is 16.3 Å². The first kappa shape index (κ1) is 14.6. The van der Waals surface area contributed by atoms with Crippen molar-refractivity contribution in [2.45, 2.75) is 6.54 Å². The van der Waals surface area contributed by atoms with Gasteiger partial charge in [-0.25, -0.2) is 0 Å². The molecule has 0 spiro atoms. The molecule has 0 N–H and O–H groups in total. The van der Waals surface area contributed by atoms with Crippen LogP contribution in [0.25, 0.3) is 0 Å². The zero-order valence-electron chi connectivity index (χ0n) is 11.3. The Bertz CT molecular complexity index is 572. The quantitative estimate of drug-likeness (QED) is 0.843. The van der Waals surface area contributed by atoms with Crippen LogP contribution in [-0.4, -0.2) is 19.6 Å². The van der Waals surface area contributed by atoms with Crippen molar-refractivity contribution in [3.63, 3.8) is 0 Å². The highest BCUT2D eigenvalue weighted by Gasteiger charge is 2.15. The third kappa shape index (κ3) is 3.83. The Morgan fingerprint density at radius 1 is 1.15 bits per heavy atom. The topological polar surface area (TPSA) is 29.5 Å². The van der Waals surface area contributed by atoms with Crippen LogP contribution in [-0.2, 0) is 16.1 Å². The van der Waals surface area contributed by atoms with Crippen LogP contribution in [0.1, 0.15) is 5.56 Å². The number of methoxy groups -OCH3 is 1. The van der Waals surface area contributed by atoms with E-state index >= 15 is 0 Å². The first-order valence-electron chi connectivity index (χ1n) is 6.29. The lowest BCUT2D eigenvalue weighted by atomic mass is 10.2. The van der Waals surface area contributed by atoms with Gasteiger partial charge in [-0.05, 0) is 29.8 Å². The summed E-state index contributed by atoms with van der Waals surface area (Å²) in [6.07, 6.45) is 0. The molecule has 0 aliphatic heterocycles. The van der Waals surface area contributed by atoms with Crippen molar-refractivity contribution in [3.8, 4) is 0 Å². The van der Waals surface area contributed by atoms with Gasteiger partial charge in [-0.15, -0.1) is 0 Å². The normalized spacial score (nSPS) is 10.3. The first-order valence-corrected chi connectivity index (χ1v) is 6.67. The summed E-state index contributed by atoms with van der Waals surface area (Å²) in [4.78, 5) is 13.9. The molecule has 2 aromatic carbocycles. The Morgan fingerprint density at radius 3 is 2.55 bits per heavy atom. The molecule has 0 aromatic heterocycles. The molecular formula is C16H16ClNO2. The molecule has 0 bridgehead atoms. The van der Waals surface area contributed by atoms with E-state index in [1.54, 1.807) is 4.90 Å². The maximum Gasteiger partial charge on any atom is 0.253 e. The van der Waals surface area contributed by atoms with Crippen molar-refractivity contribution in [2.24, 2.45) is 0 Å². The fourth-order valence-corrected chi connectivity index (χ4v) is 2.16. The van der Waals surface area contributed by atoms with Gasteiger partial charge in [0.1, 0.15) is 6.61 Å². The van der Waals surface area contributed by atoms with E-state index in [-0.39, 0.29) is 12.5 Å². The highest BCUT2D eigenvalue weighted by molar-refractivity contribution is 6.30. The van der Waals surface area contributed by atoms with Gasteiger partial charge < -0.3 is 9.64 Å². The van der Waals surface area contributed by atoms with Crippen LogP contribution < -0.4 is 4.90 Å². The lowest BCUT2D eigenvalue weighted by Gasteiger charge is -2.22. The summed E-state index contributed by atoms with van der Waals surface area (Å²) in [7, 11) is 1.51. The van der Waals surface area contributed by atoms with E-state index in [2.05, 4.69) is 0 Å². The highest BCUT2D eigenvalue weighted by Crippen LogP contribution is 2.19. The number of nitrogens with zero attached hydrogens (tertiary/aromatic N) is 1. The van der Waals surface area contributed by atoms with Crippen LogP contribution in [0, 0.1) is 0 Å². The van der Waals surface area contributed by atoms with Crippen molar-refractivity contribution >= 4 is 23.2 Å². The number of carbonyl (C=O) groups is 1. The van der Waals surface area contributed by atoms with Crippen LogP contribution in [0.15, 0.2) is 54.6 Å². The number of anilines is 1. The summed E-state index contributed by atoms with van der Waals surface area (Å²) >= 11 is 5.99. The predicted octanol–water partition coefficient (Wildman–Crippen LogP) is 3.52. The Balaban J connectivity index is 2.25. The van der Waals surface area contributed by atoms with Gasteiger partial charge in [0.05, 0.1) is 6.54 Å². The molecule has 104 valence electrons. The highest BCUT2D eigenvalue weighted by atomic mass is 35.5. The van der Waals surface area contributed by atoms with Crippen LogP contribution >= 0.6 is 11.6 Å². The number of ether oxygens (including phenoxy) is 1. The lowest BCUT2D eigenvalue weighted by Crippen LogP contribution is -2.33. The zero-order chi connectivity index (χ0) is 14.4. The van der Waals surface area contributed by atoms with E-state index < -0.39 is 0 Å². The van der Waals surface area contributed by atoms with E-state index in [1.165, 1.54) is 7.11 Å². The summed E-state index contributed by atoms with van der Waals surface area (Å²) in [5.74, 6) is -0.0846. The molecule has 2 rings (SSSR count). The first-order chi connectivity index (χ1) is 9.70. The minimum Gasteiger partial charge on any atom is -0.375 e. The Kier molecular flexibility index (Phi) is 5.16. The Morgan fingerprint density at radius 2 is 1.90 bits per heavy atom. The third-order valence-electron chi connectivity index (χ3n) is 2.87. The molecule has 0 radical (unpaired) electrons. The number of rotatable bonds is 5. The fraction of sp³-hybridized carbons (Fsp3) is 0.188. The lowest BCUT2D eigenvalue weighted by molar-refractivity contribution is -0.122. The van der Waals surface area contributed by atoms with Crippen LogP contribution in [0.3, 0.4) is 0 Å². The number of hydrogen-bond donors (Lipinski definition) is 0. The standard InChI is InChI=1S/C16H16ClNO2/c1-20-12-16(19)18(15-8-3-2-4-9-15)11-13-6-5-7-14(17)10-13/h2-10H,11-12H2,1H3. The minimum absolute atomic E-state index is 0.0511. The van der Waals surface area contributed by atoms with Crippen molar-refractivity contribution in [1.29, 1.82) is 0 Å². The van der Waals surface area contributed by atoms with Crippen LogP contribution in [0.2, 0.25) is 5.02 Å². The molecule has 0 aliphatic rings. The Hall–Kier alpha value is -1.84.